The van der Waals surface area contributed by atoms with Gasteiger partial charge >= 0.3 is 0 Å². The second-order valence-electron chi connectivity index (χ2n) is 14.1. The van der Waals surface area contributed by atoms with Gasteiger partial charge in [0.25, 0.3) is 11.1 Å². The van der Waals surface area contributed by atoms with Gasteiger partial charge in [0.1, 0.15) is 11.5 Å². The molecule has 0 atom stereocenters. The number of aromatic nitrogens is 6. The molecule has 0 bridgehead atoms. The average molecular weight is 741 g/mol. The first-order valence-electron chi connectivity index (χ1n) is 18.5. The van der Waals surface area contributed by atoms with Crippen LogP contribution in [0.5, 0.6) is 11.5 Å². The first kappa shape index (κ1) is 34.6. The first-order valence-corrected chi connectivity index (χ1v) is 18.5. The van der Waals surface area contributed by atoms with E-state index in [0.29, 0.717) is 45.4 Å². The molecule has 9 rings (SSSR count). The van der Waals surface area contributed by atoms with E-state index in [1.807, 2.05) is 74.5 Å². The largest absolute Gasteiger partial charge is 0.497 e. The molecule has 0 saturated heterocycles. The van der Waals surface area contributed by atoms with Gasteiger partial charge in [0, 0.05) is 57.4 Å². The van der Waals surface area contributed by atoms with Gasteiger partial charge in [-0.2, -0.15) is 0 Å². The molecule has 56 heavy (non-hydrogen) atoms. The van der Waals surface area contributed by atoms with Gasteiger partial charge in [0.2, 0.25) is 0 Å². The lowest BCUT2D eigenvalue weighted by Gasteiger charge is -2.20. The van der Waals surface area contributed by atoms with Crippen LogP contribution in [-0.2, 0) is 0 Å². The van der Waals surface area contributed by atoms with E-state index in [9.17, 15) is 9.59 Å². The fourth-order valence-corrected chi connectivity index (χ4v) is 8.18. The number of H-pyrrole nitrogens is 4. The lowest BCUT2D eigenvalue weighted by molar-refractivity contribution is 0.414. The molecule has 0 radical (unpaired) electrons. The quantitative estimate of drug-likeness (QED) is 0.112. The van der Waals surface area contributed by atoms with Crippen LogP contribution in [0.2, 0.25) is 0 Å². The highest BCUT2D eigenvalue weighted by Gasteiger charge is 2.32. The summed E-state index contributed by atoms with van der Waals surface area (Å²) in [7, 11) is 3.21. The van der Waals surface area contributed by atoms with E-state index in [-0.39, 0.29) is 17.0 Å². The van der Waals surface area contributed by atoms with Crippen LogP contribution >= 0.6 is 0 Å². The summed E-state index contributed by atoms with van der Waals surface area (Å²) in [6.07, 6.45) is 4.20. The van der Waals surface area contributed by atoms with E-state index < -0.39 is 5.92 Å². The van der Waals surface area contributed by atoms with Gasteiger partial charge in [0.05, 0.1) is 36.7 Å². The maximum atomic E-state index is 14.6. The monoisotopic (exact) mass is 740 g/mol. The summed E-state index contributed by atoms with van der Waals surface area (Å²) in [6, 6.07) is 39.7. The lowest BCUT2D eigenvalue weighted by atomic mass is 9.81. The van der Waals surface area contributed by atoms with Crippen molar-refractivity contribution < 1.29 is 9.47 Å². The van der Waals surface area contributed by atoms with Crippen molar-refractivity contribution in [2.45, 2.75) is 25.7 Å². The molecular weight excluding hydrogens is 701 g/mol. The minimum Gasteiger partial charge on any atom is -0.497 e. The summed E-state index contributed by atoms with van der Waals surface area (Å²) in [5, 5.41) is 8.90. The first-order chi connectivity index (χ1) is 27.3. The number of ether oxygens (including phenoxy) is 2. The van der Waals surface area contributed by atoms with Crippen LogP contribution in [0.25, 0.3) is 33.2 Å². The van der Waals surface area contributed by atoms with Crippen molar-refractivity contribution in [2.24, 2.45) is 0 Å². The average Bonchev–Trinajstić information content (AvgIpc) is 4.00. The number of aromatic amines is 4. The molecule has 278 valence electrons. The number of para-hydroxylation sites is 2. The summed E-state index contributed by atoms with van der Waals surface area (Å²) in [4.78, 5) is 36.2. The maximum absolute atomic E-state index is 14.6. The van der Waals surface area contributed by atoms with Crippen molar-refractivity contribution in [3.63, 3.8) is 0 Å². The van der Waals surface area contributed by atoms with E-state index in [1.54, 1.807) is 14.2 Å². The molecule has 0 aliphatic rings. The number of nitrogens with zero attached hydrogens (tertiary/aromatic N) is 2. The molecular formula is C46H40N6O4. The zero-order valence-electron chi connectivity index (χ0n) is 31.4. The normalized spacial score (nSPS) is 11.7. The zero-order valence-corrected chi connectivity index (χ0v) is 31.4. The van der Waals surface area contributed by atoms with E-state index in [2.05, 4.69) is 93.2 Å². The van der Waals surface area contributed by atoms with E-state index in [4.69, 9.17) is 9.47 Å². The van der Waals surface area contributed by atoms with Crippen molar-refractivity contribution in [1.29, 1.82) is 0 Å². The van der Waals surface area contributed by atoms with Gasteiger partial charge in [-0.15, -0.1) is 0 Å². The third kappa shape index (κ3) is 5.74. The molecule has 4 aromatic heterocycles. The van der Waals surface area contributed by atoms with Crippen molar-refractivity contribution >= 4 is 21.8 Å². The second-order valence-corrected chi connectivity index (χ2v) is 14.1. The Morgan fingerprint density at radius 2 is 0.893 bits per heavy atom. The molecule has 0 unspecified atom stereocenters. The van der Waals surface area contributed by atoms with Gasteiger partial charge in [-0.25, -0.2) is 9.36 Å². The van der Waals surface area contributed by atoms with Gasteiger partial charge < -0.3 is 19.4 Å². The summed E-state index contributed by atoms with van der Waals surface area (Å²) in [6.45, 7) is 3.76. The van der Waals surface area contributed by atoms with Crippen LogP contribution in [0.3, 0.4) is 0 Å². The molecule has 0 saturated carbocycles. The smallest absolute Gasteiger partial charge is 0.275 e. The zero-order chi connectivity index (χ0) is 38.5. The van der Waals surface area contributed by atoms with Crippen LogP contribution in [0.1, 0.15) is 56.6 Å². The van der Waals surface area contributed by atoms with Gasteiger partial charge in [0.15, 0.2) is 0 Å². The van der Waals surface area contributed by atoms with E-state index in [0.717, 1.165) is 44.1 Å². The standard InChI is InChI=1S/C46H40N6O4/c1-27-41(45(53)51(49-27)31-17-21-33(55-3)22-18-31)44(42-28(2)50-52(46(42)54)32-19-23-34(56-4)24-20-32)30-15-13-29(14-16-30)43(37-25-47-39-11-7-5-9-35(37)39)38-26-48-40-12-8-6-10-36(38)40/h5-26,43-44,47-50H,1-4H3. The number of fused-ring (bicyclic) bond motifs is 2. The minimum atomic E-state index is -0.699. The van der Waals surface area contributed by atoms with Crippen LogP contribution in [0, 0.1) is 13.8 Å². The second kappa shape index (κ2) is 13.9. The third-order valence-corrected chi connectivity index (χ3v) is 10.9. The Kier molecular flexibility index (Phi) is 8.58. The fourth-order valence-electron chi connectivity index (χ4n) is 8.18. The van der Waals surface area contributed by atoms with Crippen molar-refractivity contribution in [2.75, 3.05) is 14.2 Å². The fraction of sp³-hybridized carbons (Fsp3) is 0.130. The highest BCUT2D eigenvalue weighted by atomic mass is 16.5. The lowest BCUT2D eigenvalue weighted by Crippen LogP contribution is -2.25. The molecule has 10 heteroatoms. The number of benzene rings is 5. The molecule has 0 amide bonds. The Balaban J connectivity index is 1.22. The number of rotatable bonds is 10. The van der Waals surface area contributed by atoms with Gasteiger partial charge in [-0.3, -0.25) is 19.8 Å². The van der Waals surface area contributed by atoms with E-state index >= 15 is 0 Å². The molecule has 0 fully saturated rings. The third-order valence-electron chi connectivity index (χ3n) is 10.9. The Morgan fingerprint density at radius 3 is 1.30 bits per heavy atom. The number of nitrogens with one attached hydrogen (secondary N) is 4. The highest BCUT2D eigenvalue weighted by molar-refractivity contribution is 5.89. The predicted molar refractivity (Wildman–Crippen MR) is 220 cm³/mol. The summed E-state index contributed by atoms with van der Waals surface area (Å²) in [5.74, 6) is 0.556. The molecule has 5 aromatic carbocycles. The van der Waals surface area contributed by atoms with Crippen molar-refractivity contribution in [3.05, 3.63) is 199 Å². The van der Waals surface area contributed by atoms with Gasteiger partial charge in [-0.05, 0) is 96.8 Å². The van der Waals surface area contributed by atoms with Crippen molar-refractivity contribution in [3.8, 4) is 22.9 Å². The number of hydrogen-bond donors (Lipinski definition) is 4. The SMILES string of the molecule is COc1ccc(-n2[nH]c(C)c(C(c3ccc(C(c4c[nH]c5ccccc45)c4c[nH]c5ccccc45)cc3)c3c(C)[nH]n(-c4ccc(OC)cc4)c3=O)c2=O)cc1. The Bertz CT molecular complexity index is 2780. The van der Waals surface area contributed by atoms with E-state index in [1.165, 1.54) is 9.36 Å². The molecule has 10 nitrogen and oxygen atoms in total. The van der Waals surface area contributed by atoms with Crippen LogP contribution in [0.4, 0.5) is 0 Å². The molecule has 9 aromatic rings. The maximum Gasteiger partial charge on any atom is 0.275 e. The number of methoxy groups -OCH3 is 2. The molecule has 0 aliphatic heterocycles. The van der Waals surface area contributed by atoms with Gasteiger partial charge in [-0.1, -0.05) is 60.7 Å². The Morgan fingerprint density at radius 1 is 0.500 bits per heavy atom. The Labute approximate surface area is 322 Å². The van der Waals surface area contributed by atoms with Crippen LogP contribution < -0.4 is 20.6 Å². The summed E-state index contributed by atoms with van der Waals surface area (Å²) < 4.78 is 13.8. The highest BCUT2D eigenvalue weighted by Crippen LogP contribution is 2.41. The number of aryl methyl sites for hydroxylation is 2. The molecule has 4 heterocycles. The summed E-state index contributed by atoms with van der Waals surface area (Å²) in [5.41, 5.74) is 9.44. The van der Waals surface area contributed by atoms with Crippen LogP contribution in [-0.4, -0.2) is 43.7 Å². The van der Waals surface area contributed by atoms with Crippen molar-refractivity contribution in [1.82, 2.24) is 29.5 Å². The molecule has 4 N–H and O–H groups in total. The number of hydrogen-bond acceptors (Lipinski definition) is 4. The predicted octanol–water partition coefficient (Wildman–Crippen LogP) is 8.60. The minimum absolute atomic E-state index is 0.114. The molecule has 0 aliphatic carbocycles. The topological polar surface area (TPSA) is 126 Å². The van der Waals surface area contributed by atoms with Crippen LogP contribution in [0.15, 0.2) is 143 Å². The summed E-state index contributed by atoms with van der Waals surface area (Å²) >= 11 is 0. The Hall–Kier alpha value is -7.20. The molecule has 0 spiro atoms.